The summed E-state index contributed by atoms with van der Waals surface area (Å²) in [5, 5.41) is 10.2. The quantitative estimate of drug-likeness (QED) is 0.825. The highest BCUT2D eigenvalue weighted by atomic mass is 15.1. The zero-order valence-electron chi connectivity index (χ0n) is 9.91. The van der Waals surface area contributed by atoms with Gasteiger partial charge in [0.25, 0.3) is 0 Å². The molecule has 0 amide bonds. The summed E-state index contributed by atoms with van der Waals surface area (Å²) in [7, 11) is 1.97. The van der Waals surface area contributed by atoms with E-state index in [9.17, 15) is 0 Å². The van der Waals surface area contributed by atoms with Gasteiger partial charge in [-0.3, -0.25) is 5.10 Å². The lowest BCUT2D eigenvalue weighted by Gasteiger charge is -2.18. The number of nitrogens with zero attached hydrogens (tertiary/aromatic N) is 1. The van der Waals surface area contributed by atoms with Crippen molar-refractivity contribution >= 4 is 0 Å². The number of nitrogens with one attached hydrogen (secondary N) is 2. The van der Waals surface area contributed by atoms with Crippen LogP contribution in [0.1, 0.15) is 28.3 Å². The maximum atomic E-state index is 4.00. The number of hydrogen-bond donors (Lipinski definition) is 2. The largest absolute Gasteiger partial charge is 0.309 e. The van der Waals surface area contributed by atoms with E-state index in [1.54, 1.807) is 0 Å². The number of hydrogen-bond acceptors (Lipinski definition) is 2. The van der Waals surface area contributed by atoms with E-state index >= 15 is 0 Å². The van der Waals surface area contributed by atoms with Crippen molar-refractivity contribution in [3.8, 4) is 0 Å². The molecule has 2 rings (SSSR count). The first kappa shape index (κ1) is 10.9. The summed E-state index contributed by atoms with van der Waals surface area (Å²) in [5.74, 6) is 0. The summed E-state index contributed by atoms with van der Waals surface area (Å²) in [4.78, 5) is 0. The fourth-order valence-corrected chi connectivity index (χ4v) is 1.99. The zero-order valence-corrected chi connectivity index (χ0v) is 9.91. The third kappa shape index (κ3) is 1.99. The van der Waals surface area contributed by atoms with Crippen LogP contribution in [-0.4, -0.2) is 17.2 Å². The standard InChI is InChI=1S/C13H17N3/c1-9-4-5-10(2)12(6-9)13(14-3)11-7-15-16-8-11/h4-8,13-14H,1-3H3,(H,15,16). The molecule has 0 fully saturated rings. The van der Waals surface area contributed by atoms with Crippen LogP contribution >= 0.6 is 0 Å². The molecule has 1 aromatic heterocycles. The molecular weight excluding hydrogens is 198 g/mol. The van der Waals surface area contributed by atoms with Crippen LogP contribution in [-0.2, 0) is 0 Å². The van der Waals surface area contributed by atoms with Crippen LogP contribution in [0.25, 0.3) is 0 Å². The highest BCUT2D eigenvalue weighted by molar-refractivity contribution is 5.37. The average Bonchev–Trinajstić information content (AvgIpc) is 2.78. The van der Waals surface area contributed by atoms with Crippen molar-refractivity contribution in [3.63, 3.8) is 0 Å². The van der Waals surface area contributed by atoms with Gasteiger partial charge in [0, 0.05) is 11.8 Å². The highest BCUT2D eigenvalue weighted by Gasteiger charge is 2.14. The van der Waals surface area contributed by atoms with E-state index in [1.165, 1.54) is 16.7 Å². The molecule has 16 heavy (non-hydrogen) atoms. The summed E-state index contributed by atoms with van der Waals surface area (Å²) in [6.07, 6.45) is 3.80. The molecule has 0 saturated heterocycles. The van der Waals surface area contributed by atoms with Gasteiger partial charge in [-0.1, -0.05) is 23.8 Å². The normalized spacial score (nSPS) is 12.7. The smallest absolute Gasteiger partial charge is 0.0608 e. The van der Waals surface area contributed by atoms with Crippen molar-refractivity contribution in [3.05, 3.63) is 52.8 Å². The van der Waals surface area contributed by atoms with Crippen molar-refractivity contribution in [2.75, 3.05) is 7.05 Å². The average molecular weight is 215 g/mol. The van der Waals surface area contributed by atoms with E-state index < -0.39 is 0 Å². The van der Waals surface area contributed by atoms with Gasteiger partial charge >= 0.3 is 0 Å². The minimum Gasteiger partial charge on any atom is -0.309 e. The van der Waals surface area contributed by atoms with E-state index in [-0.39, 0.29) is 6.04 Å². The van der Waals surface area contributed by atoms with Gasteiger partial charge in [0.05, 0.1) is 12.2 Å². The fraction of sp³-hybridized carbons (Fsp3) is 0.308. The zero-order chi connectivity index (χ0) is 11.5. The molecule has 84 valence electrons. The Labute approximate surface area is 95.9 Å². The second kappa shape index (κ2) is 4.49. The summed E-state index contributed by atoms with van der Waals surface area (Å²) in [6.45, 7) is 4.25. The van der Waals surface area contributed by atoms with Crippen molar-refractivity contribution < 1.29 is 0 Å². The van der Waals surface area contributed by atoms with Gasteiger partial charge in [0.1, 0.15) is 0 Å². The third-order valence-electron chi connectivity index (χ3n) is 2.89. The minimum atomic E-state index is 0.207. The van der Waals surface area contributed by atoms with Crippen LogP contribution in [0.3, 0.4) is 0 Å². The van der Waals surface area contributed by atoms with Crippen LogP contribution < -0.4 is 5.32 Å². The van der Waals surface area contributed by atoms with Crippen molar-refractivity contribution in [2.24, 2.45) is 0 Å². The Balaban J connectivity index is 2.44. The maximum absolute atomic E-state index is 4.00. The van der Waals surface area contributed by atoms with E-state index in [1.807, 2.05) is 19.4 Å². The number of aromatic amines is 1. The van der Waals surface area contributed by atoms with Gasteiger partial charge < -0.3 is 5.32 Å². The predicted molar refractivity (Wildman–Crippen MR) is 65.4 cm³/mol. The van der Waals surface area contributed by atoms with Crippen molar-refractivity contribution in [2.45, 2.75) is 19.9 Å². The number of H-pyrrole nitrogens is 1. The second-order valence-electron chi connectivity index (χ2n) is 4.11. The summed E-state index contributed by atoms with van der Waals surface area (Å²) >= 11 is 0. The molecule has 2 aromatic rings. The van der Waals surface area contributed by atoms with E-state index in [4.69, 9.17) is 0 Å². The third-order valence-corrected chi connectivity index (χ3v) is 2.89. The molecule has 2 N–H and O–H groups in total. The highest BCUT2D eigenvalue weighted by Crippen LogP contribution is 2.24. The Morgan fingerprint density at radius 3 is 2.75 bits per heavy atom. The Bertz CT molecular complexity index is 460. The van der Waals surface area contributed by atoms with Crippen LogP contribution in [0, 0.1) is 13.8 Å². The molecule has 1 unspecified atom stereocenters. The molecule has 0 radical (unpaired) electrons. The van der Waals surface area contributed by atoms with E-state index in [2.05, 4.69) is 47.6 Å². The monoisotopic (exact) mass is 215 g/mol. The molecule has 3 nitrogen and oxygen atoms in total. The number of benzene rings is 1. The molecule has 0 saturated carbocycles. The lowest BCUT2D eigenvalue weighted by Crippen LogP contribution is -2.18. The molecule has 0 aliphatic rings. The van der Waals surface area contributed by atoms with Gasteiger partial charge in [-0.05, 0) is 32.0 Å². The van der Waals surface area contributed by atoms with Crippen LogP contribution in [0.2, 0.25) is 0 Å². The molecule has 0 aliphatic heterocycles. The van der Waals surface area contributed by atoms with Gasteiger partial charge in [-0.2, -0.15) is 5.10 Å². The molecular formula is C13H17N3. The van der Waals surface area contributed by atoms with E-state index in [0.717, 1.165) is 5.56 Å². The van der Waals surface area contributed by atoms with E-state index in [0.29, 0.717) is 0 Å². The van der Waals surface area contributed by atoms with Gasteiger partial charge in [0.2, 0.25) is 0 Å². The van der Waals surface area contributed by atoms with Crippen LogP contribution in [0.4, 0.5) is 0 Å². The topological polar surface area (TPSA) is 40.7 Å². The van der Waals surface area contributed by atoms with Crippen LogP contribution in [0.15, 0.2) is 30.6 Å². The Morgan fingerprint density at radius 2 is 2.12 bits per heavy atom. The molecule has 1 atom stereocenters. The lowest BCUT2D eigenvalue weighted by molar-refractivity contribution is 0.687. The minimum absolute atomic E-state index is 0.207. The first-order valence-electron chi connectivity index (χ1n) is 5.45. The molecule has 0 bridgehead atoms. The summed E-state index contributed by atoms with van der Waals surface area (Å²) < 4.78 is 0. The summed E-state index contributed by atoms with van der Waals surface area (Å²) in [5.41, 5.74) is 5.05. The molecule has 1 aromatic carbocycles. The second-order valence-corrected chi connectivity index (χ2v) is 4.11. The number of rotatable bonds is 3. The van der Waals surface area contributed by atoms with Crippen LogP contribution in [0.5, 0.6) is 0 Å². The molecule has 0 aliphatic carbocycles. The Kier molecular flexibility index (Phi) is 3.06. The lowest BCUT2D eigenvalue weighted by atomic mass is 9.95. The Morgan fingerprint density at radius 1 is 1.31 bits per heavy atom. The molecule has 0 spiro atoms. The number of aromatic nitrogens is 2. The first-order valence-corrected chi connectivity index (χ1v) is 5.45. The van der Waals surface area contributed by atoms with Gasteiger partial charge in [-0.15, -0.1) is 0 Å². The number of aryl methyl sites for hydroxylation is 2. The predicted octanol–water partition coefficient (Wildman–Crippen LogP) is 2.34. The van der Waals surface area contributed by atoms with Gasteiger partial charge in [0.15, 0.2) is 0 Å². The maximum Gasteiger partial charge on any atom is 0.0608 e. The SMILES string of the molecule is CNC(c1cn[nH]c1)c1cc(C)ccc1C. The first-order chi connectivity index (χ1) is 7.72. The van der Waals surface area contributed by atoms with Crippen molar-refractivity contribution in [1.82, 2.24) is 15.5 Å². The Hall–Kier alpha value is -1.61. The van der Waals surface area contributed by atoms with Crippen molar-refractivity contribution in [1.29, 1.82) is 0 Å². The molecule has 1 heterocycles. The summed E-state index contributed by atoms with van der Waals surface area (Å²) in [6, 6.07) is 6.73. The molecule has 3 heteroatoms. The fourth-order valence-electron chi connectivity index (χ4n) is 1.99. The van der Waals surface area contributed by atoms with Gasteiger partial charge in [-0.25, -0.2) is 0 Å².